The molecule has 0 aliphatic carbocycles. The van der Waals surface area contributed by atoms with Gasteiger partial charge in [-0.15, -0.1) is 0 Å². The number of hydrogen-bond donors (Lipinski definition) is 1. The van der Waals surface area contributed by atoms with Crippen molar-refractivity contribution in [1.82, 2.24) is 0 Å². The number of hydrogen-bond acceptors (Lipinski definition) is 2. The van der Waals surface area contributed by atoms with Crippen LogP contribution in [0.4, 0.5) is 4.39 Å². The lowest BCUT2D eigenvalue weighted by molar-refractivity contribution is 0.320. The van der Waals surface area contributed by atoms with Crippen molar-refractivity contribution in [3.05, 3.63) is 76.6 Å². The molecule has 0 radical (unpaired) electrons. The highest BCUT2D eigenvalue weighted by Gasteiger charge is 2.00. The van der Waals surface area contributed by atoms with Crippen LogP contribution < -0.4 is 0 Å². The highest BCUT2D eigenvalue weighted by molar-refractivity contribution is 6.30. The van der Waals surface area contributed by atoms with Crippen molar-refractivity contribution in [2.75, 3.05) is 0 Å². The quantitative estimate of drug-likeness (QED) is 0.503. The molecule has 96 valence electrons. The molecule has 0 aliphatic rings. The Morgan fingerprint density at radius 3 is 2.26 bits per heavy atom. The molecule has 0 fully saturated rings. The van der Waals surface area contributed by atoms with Crippen molar-refractivity contribution in [3.63, 3.8) is 0 Å². The van der Waals surface area contributed by atoms with Gasteiger partial charge in [-0.25, -0.2) is 4.39 Å². The van der Waals surface area contributed by atoms with E-state index >= 15 is 0 Å². The molecule has 2 rings (SSSR count). The Balaban J connectivity index is 2.20. The monoisotopic (exact) mass is 275 g/mol. The predicted molar refractivity (Wildman–Crippen MR) is 75.2 cm³/mol. The second-order valence-corrected chi connectivity index (χ2v) is 4.31. The summed E-state index contributed by atoms with van der Waals surface area (Å²) in [4.78, 5) is 0. The first kappa shape index (κ1) is 13.3. The van der Waals surface area contributed by atoms with E-state index in [9.17, 15) is 4.39 Å². The normalized spacial score (nSPS) is 12.0. The van der Waals surface area contributed by atoms with Gasteiger partial charge in [-0.2, -0.15) is 0 Å². The Kier molecular flexibility index (Phi) is 4.31. The highest BCUT2D eigenvalue weighted by atomic mass is 35.5. The lowest BCUT2D eigenvalue weighted by Gasteiger charge is -1.99. The molecule has 0 bridgehead atoms. The van der Waals surface area contributed by atoms with Gasteiger partial charge in [0, 0.05) is 10.6 Å². The summed E-state index contributed by atoms with van der Waals surface area (Å²) in [7, 11) is 0. The molecule has 0 unspecified atom stereocenters. The van der Waals surface area contributed by atoms with Crippen molar-refractivity contribution in [2.45, 2.75) is 0 Å². The average Bonchev–Trinajstić information content (AvgIpc) is 2.43. The number of oxime groups is 1. The smallest absolute Gasteiger partial charge is 0.123 e. The minimum atomic E-state index is -0.331. The minimum absolute atomic E-state index is 0.331. The van der Waals surface area contributed by atoms with Crippen LogP contribution in [0.3, 0.4) is 0 Å². The molecule has 2 aromatic rings. The lowest BCUT2D eigenvalue weighted by atomic mass is 10.1. The molecule has 2 nitrogen and oxygen atoms in total. The van der Waals surface area contributed by atoms with Gasteiger partial charge in [0.05, 0.1) is 0 Å². The third-order valence-electron chi connectivity index (χ3n) is 2.55. The molecule has 0 heterocycles. The van der Waals surface area contributed by atoms with E-state index in [2.05, 4.69) is 5.16 Å². The number of benzene rings is 2. The number of rotatable bonds is 3. The Hall–Kier alpha value is -2.13. The molecule has 0 amide bonds. The minimum Gasteiger partial charge on any atom is -0.410 e. The van der Waals surface area contributed by atoms with Crippen LogP contribution in [0.1, 0.15) is 11.1 Å². The first-order chi connectivity index (χ1) is 9.19. The molecule has 19 heavy (non-hydrogen) atoms. The summed E-state index contributed by atoms with van der Waals surface area (Å²) < 4.78 is 12.8. The number of halogens is 2. The maximum absolute atomic E-state index is 12.8. The van der Waals surface area contributed by atoms with E-state index in [1.54, 1.807) is 36.4 Å². The first-order valence-electron chi connectivity index (χ1n) is 5.60. The topological polar surface area (TPSA) is 32.6 Å². The molecular formula is C15H11ClFNO. The number of allylic oxidation sites excluding steroid dienone is 1. The summed E-state index contributed by atoms with van der Waals surface area (Å²) >= 11 is 5.79. The van der Waals surface area contributed by atoms with Crippen LogP contribution in [-0.2, 0) is 0 Å². The van der Waals surface area contributed by atoms with E-state index in [0.717, 1.165) is 5.56 Å². The summed E-state index contributed by atoms with van der Waals surface area (Å²) in [5.41, 5.74) is 1.91. The third-order valence-corrected chi connectivity index (χ3v) is 2.80. The van der Waals surface area contributed by atoms with Crippen molar-refractivity contribution in [3.8, 4) is 0 Å². The zero-order valence-corrected chi connectivity index (χ0v) is 10.7. The molecule has 1 N–H and O–H groups in total. The van der Waals surface area contributed by atoms with Gasteiger partial charge in [0.25, 0.3) is 0 Å². The van der Waals surface area contributed by atoms with Crippen LogP contribution >= 0.6 is 11.6 Å². The Bertz CT molecular complexity index is 603. The number of nitrogens with zero attached hydrogens (tertiary/aromatic N) is 1. The Morgan fingerprint density at radius 2 is 1.68 bits per heavy atom. The summed E-state index contributed by atoms with van der Waals surface area (Å²) in [6, 6.07) is 13.0. The molecular weight excluding hydrogens is 265 g/mol. The maximum atomic E-state index is 12.8. The van der Waals surface area contributed by atoms with Gasteiger partial charge in [0.15, 0.2) is 0 Å². The summed E-state index contributed by atoms with van der Waals surface area (Å²) in [5, 5.41) is 12.9. The van der Waals surface area contributed by atoms with E-state index in [1.807, 2.05) is 12.1 Å². The van der Waals surface area contributed by atoms with Crippen LogP contribution in [0.15, 0.2) is 59.8 Å². The van der Waals surface area contributed by atoms with Gasteiger partial charge < -0.3 is 5.21 Å². The Labute approximate surface area is 115 Å². The zero-order chi connectivity index (χ0) is 13.7. The fourth-order valence-electron chi connectivity index (χ4n) is 1.56. The van der Waals surface area contributed by atoms with Crippen LogP contribution in [-0.4, -0.2) is 10.9 Å². The summed E-state index contributed by atoms with van der Waals surface area (Å²) in [6.07, 6.45) is 3.44. The first-order valence-corrected chi connectivity index (χ1v) is 5.98. The van der Waals surface area contributed by atoms with Gasteiger partial charge in [-0.1, -0.05) is 35.0 Å². The van der Waals surface area contributed by atoms with Crippen molar-refractivity contribution < 1.29 is 9.60 Å². The van der Waals surface area contributed by atoms with Gasteiger partial charge >= 0.3 is 0 Å². The molecule has 0 spiro atoms. The van der Waals surface area contributed by atoms with E-state index < -0.39 is 0 Å². The maximum Gasteiger partial charge on any atom is 0.123 e. The van der Waals surface area contributed by atoms with E-state index in [1.165, 1.54) is 12.1 Å². The van der Waals surface area contributed by atoms with Crippen LogP contribution in [0, 0.1) is 5.82 Å². The molecule has 0 saturated heterocycles. The molecule has 0 aliphatic heterocycles. The summed E-state index contributed by atoms with van der Waals surface area (Å²) in [6.45, 7) is 0. The molecule has 0 atom stereocenters. The van der Waals surface area contributed by atoms with Gasteiger partial charge in [0.2, 0.25) is 0 Å². The standard InChI is InChI=1S/C15H11ClFNO/c16-13-6-1-11(2-7-13)3-10-15(18-19)12-4-8-14(17)9-5-12/h1-10,19H/b10-3+,18-15+. The fraction of sp³-hybridized carbons (Fsp3) is 0. The average molecular weight is 276 g/mol. The predicted octanol–water partition coefficient (Wildman–Crippen LogP) is 4.37. The largest absolute Gasteiger partial charge is 0.410 e. The van der Waals surface area contributed by atoms with Gasteiger partial charge in [-0.05, 0) is 48.0 Å². The zero-order valence-electron chi connectivity index (χ0n) is 9.92. The summed E-state index contributed by atoms with van der Waals surface area (Å²) in [5.74, 6) is -0.331. The molecule has 2 aromatic carbocycles. The molecule has 0 aromatic heterocycles. The highest BCUT2D eigenvalue weighted by Crippen LogP contribution is 2.12. The Morgan fingerprint density at radius 1 is 1.05 bits per heavy atom. The lowest BCUT2D eigenvalue weighted by Crippen LogP contribution is -1.96. The van der Waals surface area contributed by atoms with Crippen molar-refractivity contribution >= 4 is 23.4 Å². The third kappa shape index (κ3) is 3.66. The van der Waals surface area contributed by atoms with Crippen molar-refractivity contribution in [1.29, 1.82) is 0 Å². The van der Waals surface area contributed by atoms with Gasteiger partial charge in [-0.3, -0.25) is 0 Å². The van der Waals surface area contributed by atoms with Crippen molar-refractivity contribution in [2.24, 2.45) is 5.16 Å². The molecule has 4 heteroatoms. The van der Waals surface area contributed by atoms with Gasteiger partial charge in [0.1, 0.15) is 11.5 Å². The second kappa shape index (κ2) is 6.16. The van der Waals surface area contributed by atoms with E-state index in [4.69, 9.17) is 16.8 Å². The van der Waals surface area contributed by atoms with E-state index in [0.29, 0.717) is 16.3 Å². The van der Waals surface area contributed by atoms with Crippen LogP contribution in [0.2, 0.25) is 5.02 Å². The van der Waals surface area contributed by atoms with E-state index in [-0.39, 0.29) is 5.82 Å². The molecule has 0 saturated carbocycles. The fourth-order valence-corrected chi connectivity index (χ4v) is 1.68. The van der Waals surface area contributed by atoms with Crippen LogP contribution in [0.5, 0.6) is 0 Å². The SMILES string of the molecule is O/N=C(\C=C\c1ccc(Cl)cc1)c1ccc(F)cc1. The second-order valence-electron chi connectivity index (χ2n) is 3.88. The van der Waals surface area contributed by atoms with Crippen LogP contribution in [0.25, 0.3) is 6.08 Å².